The number of carbonyl (C=O) groups excluding carboxylic acids is 1. The van der Waals surface area contributed by atoms with Crippen molar-refractivity contribution in [2.45, 2.75) is 39.0 Å². The maximum Gasteiger partial charge on any atom is 0.255 e. The lowest BCUT2D eigenvalue weighted by atomic mass is 9.98. The number of benzene rings is 2. The molecule has 0 fully saturated rings. The number of rotatable bonds is 8. The molecular weight excluding hydrogens is 389 g/mol. The monoisotopic (exact) mass is 419 g/mol. The second-order valence-electron chi connectivity index (χ2n) is 8.26. The van der Waals surface area contributed by atoms with Crippen molar-refractivity contribution in [3.63, 3.8) is 0 Å². The zero-order chi connectivity index (χ0) is 21.6. The van der Waals surface area contributed by atoms with E-state index in [9.17, 15) is 9.18 Å². The Bertz CT molecular complexity index is 1070. The number of hydrogen-bond donors (Lipinski definition) is 2. The first-order valence-corrected chi connectivity index (χ1v) is 11.2. The number of halogens is 1. The highest BCUT2D eigenvalue weighted by molar-refractivity contribution is 6.05. The van der Waals surface area contributed by atoms with Crippen LogP contribution < -0.4 is 5.32 Å². The molecule has 3 aromatic rings. The van der Waals surface area contributed by atoms with E-state index in [2.05, 4.69) is 34.4 Å². The number of H-pyrrole nitrogens is 1. The van der Waals surface area contributed by atoms with Crippen LogP contribution in [0.25, 0.3) is 16.5 Å². The van der Waals surface area contributed by atoms with Crippen LogP contribution in [0.5, 0.6) is 0 Å². The van der Waals surface area contributed by atoms with E-state index in [0.29, 0.717) is 5.56 Å². The minimum absolute atomic E-state index is 0.243. The van der Waals surface area contributed by atoms with Gasteiger partial charge >= 0.3 is 0 Å². The number of unbranched alkanes of at least 4 members (excludes halogenated alkanes) is 3. The summed E-state index contributed by atoms with van der Waals surface area (Å²) in [5.74, 6) is -0.595. The summed E-state index contributed by atoms with van der Waals surface area (Å²) in [5, 5.41) is 4.04. The largest absolute Gasteiger partial charge is 0.361 e. The topological polar surface area (TPSA) is 48.1 Å². The fraction of sp³-hybridized carbons (Fsp3) is 0.346. The van der Waals surface area contributed by atoms with Crippen molar-refractivity contribution in [2.75, 3.05) is 25.0 Å². The third-order valence-electron chi connectivity index (χ3n) is 6.01. The van der Waals surface area contributed by atoms with E-state index >= 15 is 0 Å². The Balaban J connectivity index is 1.45. The predicted octanol–water partition coefficient (Wildman–Crippen LogP) is 6.23. The van der Waals surface area contributed by atoms with Crippen LogP contribution in [0, 0.1) is 5.82 Å². The first kappa shape index (κ1) is 21.3. The predicted molar refractivity (Wildman–Crippen MR) is 126 cm³/mol. The number of carbonyl (C=O) groups is 1. The van der Waals surface area contributed by atoms with E-state index in [1.807, 2.05) is 18.2 Å². The van der Waals surface area contributed by atoms with Crippen LogP contribution in [-0.4, -0.2) is 35.4 Å². The number of aromatic amines is 1. The standard InChI is InChI=1S/C26H30FN3O/c1-2-3-4-5-14-30-15-12-19(13-16-30)24-18-28-25-11-10-22(17-23(24)25)29-26(31)20-6-8-21(27)9-7-20/h6-12,17-18,28H,2-5,13-16H2,1H3,(H,29,31). The molecule has 0 unspecified atom stereocenters. The van der Waals surface area contributed by atoms with Gasteiger partial charge in [0.2, 0.25) is 0 Å². The average molecular weight is 420 g/mol. The zero-order valence-corrected chi connectivity index (χ0v) is 18.1. The van der Waals surface area contributed by atoms with E-state index < -0.39 is 0 Å². The third kappa shape index (κ3) is 5.23. The van der Waals surface area contributed by atoms with E-state index in [0.717, 1.165) is 36.1 Å². The van der Waals surface area contributed by atoms with Crippen molar-refractivity contribution < 1.29 is 9.18 Å². The molecule has 4 rings (SSSR count). The summed E-state index contributed by atoms with van der Waals surface area (Å²) in [6.45, 7) is 5.51. The van der Waals surface area contributed by atoms with Gasteiger partial charge in [-0.1, -0.05) is 32.3 Å². The zero-order valence-electron chi connectivity index (χ0n) is 18.1. The number of aromatic nitrogens is 1. The molecule has 4 nitrogen and oxygen atoms in total. The number of nitrogens with one attached hydrogen (secondary N) is 2. The van der Waals surface area contributed by atoms with Gasteiger partial charge in [-0.3, -0.25) is 9.69 Å². The molecule has 0 saturated carbocycles. The molecule has 1 aliphatic heterocycles. The summed E-state index contributed by atoms with van der Waals surface area (Å²) >= 11 is 0. The Labute approximate surface area is 183 Å². The number of amides is 1. The second kappa shape index (κ2) is 9.92. The van der Waals surface area contributed by atoms with E-state index in [-0.39, 0.29) is 11.7 Å². The van der Waals surface area contributed by atoms with Crippen molar-refractivity contribution in [3.05, 3.63) is 71.7 Å². The van der Waals surface area contributed by atoms with Gasteiger partial charge in [0.1, 0.15) is 5.82 Å². The van der Waals surface area contributed by atoms with Gasteiger partial charge in [0.15, 0.2) is 0 Å². The van der Waals surface area contributed by atoms with Crippen LogP contribution in [0.2, 0.25) is 0 Å². The van der Waals surface area contributed by atoms with Crippen LogP contribution in [0.4, 0.5) is 10.1 Å². The first-order valence-electron chi connectivity index (χ1n) is 11.2. The molecule has 5 heteroatoms. The minimum atomic E-state index is -0.352. The lowest BCUT2D eigenvalue weighted by molar-refractivity contribution is 0.102. The van der Waals surface area contributed by atoms with Gasteiger partial charge in [-0.2, -0.15) is 0 Å². The van der Waals surface area contributed by atoms with Gasteiger partial charge in [-0.05, 0) is 67.4 Å². The Morgan fingerprint density at radius 2 is 1.97 bits per heavy atom. The Morgan fingerprint density at radius 1 is 1.13 bits per heavy atom. The maximum atomic E-state index is 13.1. The molecule has 0 aliphatic carbocycles. The number of anilines is 1. The molecule has 0 atom stereocenters. The van der Waals surface area contributed by atoms with Gasteiger partial charge < -0.3 is 10.3 Å². The Hall–Kier alpha value is -2.92. The quantitative estimate of drug-likeness (QED) is 0.425. The normalized spacial score (nSPS) is 14.6. The van der Waals surface area contributed by atoms with E-state index in [1.54, 1.807) is 0 Å². The van der Waals surface area contributed by atoms with E-state index in [4.69, 9.17) is 0 Å². The molecule has 0 radical (unpaired) electrons. The smallest absolute Gasteiger partial charge is 0.255 e. The molecule has 1 amide bonds. The maximum absolute atomic E-state index is 13.1. The Kier molecular flexibility index (Phi) is 6.82. The first-order chi connectivity index (χ1) is 15.1. The van der Waals surface area contributed by atoms with Gasteiger partial charge in [-0.15, -0.1) is 0 Å². The summed E-state index contributed by atoms with van der Waals surface area (Å²) in [6.07, 6.45) is 10.6. The van der Waals surface area contributed by atoms with Crippen LogP contribution in [0.3, 0.4) is 0 Å². The molecule has 162 valence electrons. The van der Waals surface area contributed by atoms with Crippen molar-refractivity contribution in [2.24, 2.45) is 0 Å². The van der Waals surface area contributed by atoms with Crippen LogP contribution in [0.15, 0.2) is 54.7 Å². The highest BCUT2D eigenvalue weighted by Crippen LogP contribution is 2.31. The molecule has 31 heavy (non-hydrogen) atoms. The summed E-state index contributed by atoms with van der Waals surface area (Å²) in [5.41, 5.74) is 4.79. The summed E-state index contributed by atoms with van der Waals surface area (Å²) < 4.78 is 13.1. The molecule has 2 heterocycles. The lowest BCUT2D eigenvalue weighted by Crippen LogP contribution is -2.29. The molecule has 0 saturated heterocycles. The van der Waals surface area contributed by atoms with Gasteiger partial charge in [0.05, 0.1) is 0 Å². The molecular formula is C26H30FN3O. The fourth-order valence-electron chi connectivity index (χ4n) is 4.19. The van der Waals surface area contributed by atoms with Crippen LogP contribution in [-0.2, 0) is 0 Å². The molecule has 2 N–H and O–H groups in total. The highest BCUT2D eigenvalue weighted by Gasteiger charge is 2.16. The fourth-order valence-corrected chi connectivity index (χ4v) is 4.19. The lowest BCUT2D eigenvalue weighted by Gasteiger charge is -2.26. The van der Waals surface area contributed by atoms with Gasteiger partial charge in [0, 0.05) is 47.0 Å². The molecule has 2 aromatic carbocycles. The van der Waals surface area contributed by atoms with Crippen LogP contribution >= 0.6 is 0 Å². The SMILES string of the molecule is CCCCCCN1CC=C(c2c[nH]c3ccc(NC(=O)c4ccc(F)cc4)cc23)CC1. The molecule has 1 aliphatic rings. The van der Waals surface area contributed by atoms with Crippen molar-refractivity contribution in [1.82, 2.24) is 9.88 Å². The van der Waals surface area contributed by atoms with Crippen molar-refractivity contribution in [1.29, 1.82) is 0 Å². The minimum Gasteiger partial charge on any atom is -0.361 e. The highest BCUT2D eigenvalue weighted by atomic mass is 19.1. The molecule has 1 aromatic heterocycles. The second-order valence-corrected chi connectivity index (χ2v) is 8.26. The average Bonchev–Trinajstić information content (AvgIpc) is 3.21. The third-order valence-corrected chi connectivity index (χ3v) is 6.01. The number of fused-ring (bicyclic) bond motifs is 1. The summed E-state index contributed by atoms with van der Waals surface area (Å²) in [6, 6.07) is 11.5. The summed E-state index contributed by atoms with van der Waals surface area (Å²) in [7, 11) is 0. The summed E-state index contributed by atoms with van der Waals surface area (Å²) in [4.78, 5) is 18.4. The molecule has 0 spiro atoms. The van der Waals surface area contributed by atoms with Gasteiger partial charge in [0.25, 0.3) is 5.91 Å². The van der Waals surface area contributed by atoms with Crippen LogP contribution in [0.1, 0.15) is 54.9 Å². The van der Waals surface area contributed by atoms with Crippen molar-refractivity contribution in [3.8, 4) is 0 Å². The van der Waals surface area contributed by atoms with Gasteiger partial charge in [-0.25, -0.2) is 4.39 Å². The van der Waals surface area contributed by atoms with E-state index in [1.165, 1.54) is 67.6 Å². The Morgan fingerprint density at radius 3 is 2.71 bits per heavy atom. The number of nitrogens with zero attached hydrogens (tertiary/aromatic N) is 1. The number of hydrogen-bond acceptors (Lipinski definition) is 2. The van der Waals surface area contributed by atoms with Crippen molar-refractivity contribution >= 4 is 28.1 Å². The molecule has 0 bridgehead atoms.